The normalized spacial score (nSPS) is 9.67. The summed E-state index contributed by atoms with van der Waals surface area (Å²) in [5, 5.41) is 0. The zero-order valence-corrected chi connectivity index (χ0v) is 8.82. The van der Waals surface area contributed by atoms with Gasteiger partial charge < -0.3 is 4.84 Å². The quantitative estimate of drug-likeness (QED) is 0.454. The van der Waals surface area contributed by atoms with E-state index in [1.54, 1.807) is 12.1 Å². The van der Waals surface area contributed by atoms with Gasteiger partial charge in [0.05, 0.1) is 5.56 Å². The highest BCUT2D eigenvalue weighted by Crippen LogP contribution is 2.10. The molecule has 1 aromatic carbocycles. The van der Waals surface area contributed by atoms with Crippen molar-refractivity contribution in [3.63, 3.8) is 0 Å². The fourth-order valence-electron chi connectivity index (χ4n) is 1.25. The molecule has 15 heavy (non-hydrogen) atoms. The topological polar surface area (TPSA) is 38.3 Å². The molecule has 80 valence electrons. The number of benzene rings is 1. The van der Waals surface area contributed by atoms with Crippen LogP contribution in [0.5, 0.6) is 0 Å². The van der Waals surface area contributed by atoms with Gasteiger partial charge in [0.15, 0.2) is 0 Å². The first-order chi connectivity index (χ1) is 7.29. The molecule has 0 spiro atoms. The second kappa shape index (κ2) is 5.98. The summed E-state index contributed by atoms with van der Waals surface area (Å²) >= 11 is 0. The van der Waals surface area contributed by atoms with E-state index in [2.05, 4.69) is 12.1 Å². The molecule has 0 unspecified atom stereocenters. The highest BCUT2D eigenvalue weighted by molar-refractivity contribution is 5.90. The van der Waals surface area contributed by atoms with Gasteiger partial charge in [-0.3, -0.25) is 0 Å². The van der Waals surface area contributed by atoms with Crippen molar-refractivity contribution in [1.82, 2.24) is 5.48 Å². The maximum absolute atomic E-state index is 11.6. The van der Waals surface area contributed by atoms with Crippen LogP contribution in [0.15, 0.2) is 36.9 Å². The summed E-state index contributed by atoms with van der Waals surface area (Å²) in [4.78, 5) is 16.4. The third kappa shape index (κ3) is 3.22. The summed E-state index contributed by atoms with van der Waals surface area (Å²) in [7, 11) is 0. The molecule has 3 nitrogen and oxygen atoms in total. The Hall–Kier alpha value is -1.61. The molecule has 0 aliphatic rings. The molecule has 0 saturated heterocycles. The minimum atomic E-state index is -0.352. The summed E-state index contributed by atoms with van der Waals surface area (Å²) in [5.74, 6) is -0.352. The zero-order valence-electron chi connectivity index (χ0n) is 8.82. The molecule has 0 saturated carbocycles. The average molecular weight is 205 g/mol. The fraction of sp³-hybridized carbons (Fsp3) is 0.250. The van der Waals surface area contributed by atoms with Crippen LogP contribution in [0, 0.1) is 0 Å². The van der Waals surface area contributed by atoms with Gasteiger partial charge in [-0.15, -0.1) is 12.1 Å². The van der Waals surface area contributed by atoms with Crippen LogP contribution in [0.2, 0.25) is 0 Å². The van der Waals surface area contributed by atoms with E-state index in [0.717, 1.165) is 12.0 Å². The van der Waals surface area contributed by atoms with Gasteiger partial charge in [-0.1, -0.05) is 31.2 Å². The lowest BCUT2D eigenvalue weighted by molar-refractivity contribution is 0.0278. The van der Waals surface area contributed by atoms with E-state index in [9.17, 15) is 4.79 Å². The van der Waals surface area contributed by atoms with E-state index in [-0.39, 0.29) is 5.97 Å². The maximum Gasteiger partial charge on any atom is 0.357 e. The monoisotopic (exact) mass is 205 g/mol. The van der Waals surface area contributed by atoms with E-state index in [0.29, 0.717) is 12.1 Å². The van der Waals surface area contributed by atoms with Crippen LogP contribution >= 0.6 is 0 Å². The molecule has 0 fully saturated rings. The molecule has 0 bridgehead atoms. The van der Waals surface area contributed by atoms with Crippen LogP contribution in [0.1, 0.15) is 22.8 Å². The Balaban J connectivity index is 2.68. The molecule has 0 aromatic heterocycles. The van der Waals surface area contributed by atoms with E-state index in [1.165, 1.54) is 0 Å². The average Bonchev–Trinajstić information content (AvgIpc) is 2.29. The van der Waals surface area contributed by atoms with Gasteiger partial charge in [0.25, 0.3) is 0 Å². The summed E-state index contributed by atoms with van der Waals surface area (Å²) in [6, 6.07) is 7.41. The highest BCUT2D eigenvalue weighted by atomic mass is 16.7. The first-order valence-electron chi connectivity index (χ1n) is 4.92. The number of hydroxylamine groups is 1. The molecular formula is C12H15NO2. The van der Waals surface area contributed by atoms with E-state index >= 15 is 0 Å². The molecule has 1 rings (SSSR count). The van der Waals surface area contributed by atoms with Gasteiger partial charge in [0.2, 0.25) is 0 Å². The van der Waals surface area contributed by atoms with E-state index in [4.69, 9.17) is 4.84 Å². The van der Waals surface area contributed by atoms with Crippen molar-refractivity contribution < 1.29 is 9.63 Å². The van der Waals surface area contributed by atoms with Gasteiger partial charge in [0, 0.05) is 6.54 Å². The molecule has 0 aliphatic heterocycles. The van der Waals surface area contributed by atoms with Gasteiger partial charge in [-0.25, -0.2) is 4.79 Å². The zero-order chi connectivity index (χ0) is 11.1. The van der Waals surface area contributed by atoms with Crippen molar-refractivity contribution in [3.05, 3.63) is 48.0 Å². The fourth-order valence-corrected chi connectivity index (χ4v) is 1.25. The summed E-state index contributed by atoms with van der Waals surface area (Å²) in [6.07, 6.45) is 2.44. The van der Waals surface area contributed by atoms with Crippen LogP contribution in [0.25, 0.3) is 0 Å². The minimum absolute atomic E-state index is 0.352. The Labute approximate surface area is 89.7 Å². The number of rotatable bonds is 5. The number of hydrogen-bond donors (Lipinski definition) is 1. The molecule has 0 aliphatic carbocycles. The lowest BCUT2D eigenvalue weighted by Crippen LogP contribution is -2.20. The lowest BCUT2D eigenvalue weighted by Gasteiger charge is -2.07. The van der Waals surface area contributed by atoms with Crippen molar-refractivity contribution in [1.29, 1.82) is 0 Å². The number of hydrogen-bond acceptors (Lipinski definition) is 3. The standard InChI is InChI=1S/C12H15NO2/c1-3-9-13-15-12(14)11-8-6-5-7-10(11)4-2/h3,5-8,13H,1,4,9H2,2H3. The van der Waals surface area contributed by atoms with Crippen molar-refractivity contribution in [2.75, 3.05) is 6.54 Å². The van der Waals surface area contributed by atoms with Crippen molar-refractivity contribution in [2.45, 2.75) is 13.3 Å². The van der Waals surface area contributed by atoms with Gasteiger partial charge in [-0.2, -0.15) is 0 Å². The van der Waals surface area contributed by atoms with Crippen molar-refractivity contribution >= 4 is 5.97 Å². The summed E-state index contributed by atoms with van der Waals surface area (Å²) in [6.45, 7) is 5.96. The molecule has 1 N–H and O–H groups in total. The second-order valence-corrected chi connectivity index (χ2v) is 3.04. The molecule has 0 radical (unpaired) electrons. The predicted octanol–water partition coefficient (Wildman–Crippen LogP) is 2.10. The highest BCUT2D eigenvalue weighted by Gasteiger charge is 2.10. The first kappa shape index (κ1) is 11.5. The Kier molecular flexibility index (Phi) is 4.57. The van der Waals surface area contributed by atoms with Crippen LogP contribution in [-0.4, -0.2) is 12.5 Å². The van der Waals surface area contributed by atoms with Gasteiger partial charge in [-0.05, 0) is 18.1 Å². The number of carbonyl (C=O) groups is 1. The predicted molar refractivity (Wildman–Crippen MR) is 59.4 cm³/mol. The first-order valence-corrected chi connectivity index (χ1v) is 4.92. The third-order valence-electron chi connectivity index (χ3n) is 2.01. The van der Waals surface area contributed by atoms with Crippen LogP contribution in [0.4, 0.5) is 0 Å². The van der Waals surface area contributed by atoms with Gasteiger partial charge >= 0.3 is 5.97 Å². The number of carbonyl (C=O) groups excluding carboxylic acids is 1. The van der Waals surface area contributed by atoms with Crippen LogP contribution in [-0.2, 0) is 11.3 Å². The van der Waals surface area contributed by atoms with Crippen LogP contribution in [0.3, 0.4) is 0 Å². The Bertz CT molecular complexity index is 347. The van der Waals surface area contributed by atoms with Crippen molar-refractivity contribution in [3.8, 4) is 0 Å². The SMILES string of the molecule is C=CCNOC(=O)c1ccccc1CC. The van der Waals surface area contributed by atoms with E-state index < -0.39 is 0 Å². The second-order valence-electron chi connectivity index (χ2n) is 3.04. The number of nitrogens with one attached hydrogen (secondary N) is 1. The lowest BCUT2D eigenvalue weighted by atomic mass is 10.1. The Morgan fingerprint density at radius 3 is 2.93 bits per heavy atom. The molecule has 1 aromatic rings. The maximum atomic E-state index is 11.6. The smallest absolute Gasteiger partial charge is 0.357 e. The van der Waals surface area contributed by atoms with E-state index in [1.807, 2.05) is 25.1 Å². The van der Waals surface area contributed by atoms with Gasteiger partial charge in [0.1, 0.15) is 0 Å². The molecule has 0 amide bonds. The summed E-state index contributed by atoms with van der Waals surface area (Å²) in [5.41, 5.74) is 4.11. The largest absolute Gasteiger partial charge is 0.366 e. The third-order valence-corrected chi connectivity index (χ3v) is 2.01. The Morgan fingerprint density at radius 1 is 1.53 bits per heavy atom. The van der Waals surface area contributed by atoms with Crippen molar-refractivity contribution in [2.24, 2.45) is 0 Å². The summed E-state index contributed by atoms with van der Waals surface area (Å²) < 4.78 is 0. The Morgan fingerprint density at radius 2 is 2.27 bits per heavy atom. The van der Waals surface area contributed by atoms with Crippen LogP contribution < -0.4 is 5.48 Å². The molecule has 3 heteroatoms. The minimum Gasteiger partial charge on any atom is -0.366 e. The molecule has 0 heterocycles. The number of aryl methyl sites for hydroxylation is 1. The molecule has 0 atom stereocenters. The molecular weight excluding hydrogens is 190 g/mol.